The molecule has 0 radical (unpaired) electrons. The van der Waals surface area contributed by atoms with E-state index in [-0.39, 0.29) is 0 Å². The first-order valence-corrected chi connectivity index (χ1v) is 8.69. The van der Waals surface area contributed by atoms with E-state index in [0.717, 1.165) is 30.9 Å². The predicted molar refractivity (Wildman–Crippen MR) is 86.4 cm³/mol. The van der Waals surface area contributed by atoms with E-state index in [1.165, 1.54) is 45.2 Å². The quantitative estimate of drug-likeness (QED) is 0.924. The maximum atomic E-state index is 4.34. The van der Waals surface area contributed by atoms with Crippen LogP contribution in [0.3, 0.4) is 0 Å². The molecule has 3 rings (SSSR count). The number of aromatic nitrogens is 2. The summed E-state index contributed by atoms with van der Waals surface area (Å²) < 4.78 is 2.28. The molecule has 2 unspecified atom stereocenters. The number of hydrogen-bond donors (Lipinski definition) is 1. The molecular weight excluding hydrogens is 260 g/mol. The van der Waals surface area contributed by atoms with Crippen LogP contribution in [-0.4, -0.2) is 46.2 Å². The van der Waals surface area contributed by atoms with E-state index >= 15 is 0 Å². The van der Waals surface area contributed by atoms with Gasteiger partial charge in [0.25, 0.3) is 0 Å². The van der Waals surface area contributed by atoms with Crippen molar-refractivity contribution >= 4 is 0 Å². The van der Waals surface area contributed by atoms with Gasteiger partial charge in [-0.15, -0.1) is 0 Å². The number of hydrogen-bond acceptors (Lipinski definition) is 3. The normalized spacial score (nSPS) is 28.9. The standard InChI is InChI=1S/C17H30N4/c1-14-13-21(11-10-20-9-8-18-15(20)2)17(12-19-14)16-6-4-3-5-7-16/h8-9,14,16-17,19H,3-7,10-13H2,1-2H3. The molecule has 1 aliphatic carbocycles. The first-order valence-electron chi connectivity index (χ1n) is 8.69. The SMILES string of the molecule is Cc1nccn1CCN1CC(C)NCC1C1CCCCC1. The number of nitrogens with zero attached hydrogens (tertiary/aromatic N) is 3. The summed E-state index contributed by atoms with van der Waals surface area (Å²) in [6.45, 7) is 9.00. The van der Waals surface area contributed by atoms with Crippen LogP contribution in [0.15, 0.2) is 12.4 Å². The first-order chi connectivity index (χ1) is 10.2. The van der Waals surface area contributed by atoms with Crippen molar-refractivity contribution in [3.63, 3.8) is 0 Å². The molecule has 2 atom stereocenters. The summed E-state index contributed by atoms with van der Waals surface area (Å²) in [5.74, 6) is 2.04. The fourth-order valence-corrected chi connectivity index (χ4v) is 4.12. The highest BCUT2D eigenvalue weighted by molar-refractivity contribution is 4.92. The maximum Gasteiger partial charge on any atom is 0.105 e. The minimum Gasteiger partial charge on any atom is -0.334 e. The van der Waals surface area contributed by atoms with Gasteiger partial charge in [-0.05, 0) is 32.6 Å². The van der Waals surface area contributed by atoms with Crippen LogP contribution in [0, 0.1) is 12.8 Å². The second-order valence-corrected chi connectivity index (χ2v) is 6.94. The van der Waals surface area contributed by atoms with E-state index in [1.54, 1.807) is 0 Å². The highest BCUT2D eigenvalue weighted by atomic mass is 15.2. The van der Waals surface area contributed by atoms with Crippen molar-refractivity contribution in [2.24, 2.45) is 5.92 Å². The number of piperazine rings is 1. The molecule has 1 saturated heterocycles. The number of aryl methyl sites for hydroxylation is 1. The van der Waals surface area contributed by atoms with Gasteiger partial charge in [-0.1, -0.05) is 19.3 Å². The molecule has 0 bridgehead atoms. The average Bonchev–Trinajstić information content (AvgIpc) is 2.91. The van der Waals surface area contributed by atoms with Crippen LogP contribution in [0.5, 0.6) is 0 Å². The maximum absolute atomic E-state index is 4.34. The summed E-state index contributed by atoms with van der Waals surface area (Å²) in [5, 5.41) is 3.70. The van der Waals surface area contributed by atoms with Crippen LogP contribution in [-0.2, 0) is 6.54 Å². The second-order valence-electron chi connectivity index (χ2n) is 6.94. The van der Waals surface area contributed by atoms with Crippen molar-refractivity contribution in [2.75, 3.05) is 19.6 Å². The van der Waals surface area contributed by atoms with Crippen LogP contribution in [0.1, 0.15) is 44.9 Å². The highest BCUT2D eigenvalue weighted by Crippen LogP contribution is 2.30. The van der Waals surface area contributed by atoms with E-state index in [1.807, 2.05) is 6.20 Å². The van der Waals surface area contributed by atoms with E-state index in [9.17, 15) is 0 Å². The number of nitrogens with one attached hydrogen (secondary N) is 1. The molecule has 1 aliphatic heterocycles. The van der Waals surface area contributed by atoms with Crippen molar-refractivity contribution in [3.05, 3.63) is 18.2 Å². The van der Waals surface area contributed by atoms with Gasteiger partial charge in [-0.25, -0.2) is 4.98 Å². The van der Waals surface area contributed by atoms with Crippen LogP contribution in [0.25, 0.3) is 0 Å². The van der Waals surface area contributed by atoms with E-state index in [4.69, 9.17) is 0 Å². The first kappa shape index (κ1) is 15.0. The van der Waals surface area contributed by atoms with E-state index < -0.39 is 0 Å². The monoisotopic (exact) mass is 290 g/mol. The van der Waals surface area contributed by atoms with Crippen LogP contribution in [0.2, 0.25) is 0 Å². The number of rotatable bonds is 4. The second kappa shape index (κ2) is 6.93. The van der Waals surface area contributed by atoms with Gasteiger partial charge >= 0.3 is 0 Å². The summed E-state index contributed by atoms with van der Waals surface area (Å²) in [4.78, 5) is 7.08. The number of imidazole rings is 1. The lowest BCUT2D eigenvalue weighted by molar-refractivity contribution is 0.0721. The predicted octanol–water partition coefficient (Wildman–Crippen LogP) is 2.43. The summed E-state index contributed by atoms with van der Waals surface area (Å²) >= 11 is 0. The third kappa shape index (κ3) is 3.67. The van der Waals surface area contributed by atoms with Gasteiger partial charge in [0.2, 0.25) is 0 Å². The van der Waals surface area contributed by atoms with E-state index in [0.29, 0.717) is 6.04 Å². The summed E-state index contributed by atoms with van der Waals surface area (Å²) in [7, 11) is 0. The zero-order valence-electron chi connectivity index (χ0n) is 13.6. The molecule has 0 spiro atoms. The third-order valence-electron chi connectivity index (χ3n) is 5.40. The van der Waals surface area contributed by atoms with Gasteiger partial charge in [-0.2, -0.15) is 0 Å². The Morgan fingerprint density at radius 3 is 2.76 bits per heavy atom. The van der Waals surface area contributed by atoms with Crippen LogP contribution >= 0.6 is 0 Å². The molecule has 2 aliphatic rings. The van der Waals surface area contributed by atoms with Crippen molar-refractivity contribution in [1.82, 2.24) is 19.8 Å². The minimum absolute atomic E-state index is 0.619. The molecule has 0 amide bonds. The minimum atomic E-state index is 0.619. The van der Waals surface area contributed by atoms with E-state index in [2.05, 4.69) is 39.8 Å². The Kier molecular flexibility index (Phi) is 4.96. The van der Waals surface area contributed by atoms with Gasteiger partial charge in [0.1, 0.15) is 5.82 Å². The zero-order chi connectivity index (χ0) is 14.7. The van der Waals surface area contributed by atoms with Crippen molar-refractivity contribution in [1.29, 1.82) is 0 Å². The van der Waals surface area contributed by atoms with Gasteiger partial charge in [0.05, 0.1) is 0 Å². The van der Waals surface area contributed by atoms with Crippen molar-refractivity contribution < 1.29 is 0 Å². The lowest BCUT2D eigenvalue weighted by Gasteiger charge is -2.44. The summed E-state index contributed by atoms with van der Waals surface area (Å²) in [6, 6.07) is 1.36. The topological polar surface area (TPSA) is 33.1 Å². The molecule has 118 valence electrons. The fourth-order valence-electron chi connectivity index (χ4n) is 4.12. The molecule has 2 fully saturated rings. The Hall–Kier alpha value is -0.870. The molecule has 4 heteroatoms. The molecule has 1 aromatic rings. The molecule has 1 N–H and O–H groups in total. The Morgan fingerprint density at radius 2 is 2.05 bits per heavy atom. The Morgan fingerprint density at radius 1 is 1.24 bits per heavy atom. The van der Waals surface area contributed by atoms with Gasteiger partial charge in [0, 0.05) is 50.7 Å². The molecule has 2 heterocycles. The van der Waals surface area contributed by atoms with Crippen LogP contribution < -0.4 is 5.32 Å². The largest absolute Gasteiger partial charge is 0.334 e. The van der Waals surface area contributed by atoms with Crippen molar-refractivity contribution in [2.45, 2.75) is 64.6 Å². The molecule has 21 heavy (non-hydrogen) atoms. The Balaban J connectivity index is 1.62. The third-order valence-corrected chi connectivity index (χ3v) is 5.40. The molecular formula is C17H30N4. The van der Waals surface area contributed by atoms with Crippen LogP contribution in [0.4, 0.5) is 0 Å². The lowest BCUT2D eigenvalue weighted by atomic mass is 9.82. The van der Waals surface area contributed by atoms with Gasteiger partial charge < -0.3 is 9.88 Å². The highest BCUT2D eigenvalue weighted by Gasteiger charge is 2.32. The van der Waals surface area contributed by atoms with Gasteiger partial charge in [0.15, 0.2) is 0 Å². The molecule has 1 aromatic heterocycles. The Bertz CT molecular complexity index is 436. The smallest absolute Gasteiger partial charge is 0.105 e. The Labute approximate surface area is 128 Å². The zero-order valence-corrected chi connectivity index (χ0v) is 13.6. The average molecular weight is 290 g/mol. The fraction of sp³-hybridized carbons (Fsp3) is 0.824. The van der Waals surface area contributed by atoms with Gasteiger partial charge in [-0.3, -0.25) is 4.90 Å². The molecule has 4 nitrogen and oxygen atoms in total. The lowest BCUT2D eigenvalue weighted by Crippen LogP contribution is -2.58. The molecule has 0 aromatic carbocycles. The summed E-state index contributed by atoms with van der Waals surface area (Å²) in [6.07, 6.45) is 11.2. The molecule has 1 saturated carbocycles. The summed E-state index contributed by atoms with van der Waals surface area (Å²) in [5.41, 5.74) is 0. The van der Waals surface area contributed by atoms with Crippen molar-refractivity contribution in [3.8, 4) is 0 Å².